The third-order valence-electron chi connectivity index (χ3n) is 4.38. The summed E-state index contributed by atoms with van der Waals surface area (Å²) >= 11 is 0. The van der Waals surface area contributed by atoms with Crippen molar-refractivity contribution in [1.29, 1.82) is 0 Å². The molecule has 5 nitrogen and oxygen atoms in total. The van der Waals surface area contributed by atoms with E-state index in [1.54, 1.807) is 30.7 Å². The van der Waals surface area contributed by atoms with E-state index in [-0.39, 0.29) is 11.9 Å². The zero-order valence-corrected chi connectivity index (χ0v) is 14.3. The second-order valence-corrected chi connectivity index (χ2v) is 6.33. The molecule has 0 saturated carbocycles. The summed E-state index contributed by atoms with van der Waals surface area (Å²) < 4.78 is 19.1. The molecule has 0 spiro atoms. The number of ether oxygens (including phenoxy) is 1. The Morgan fingerprint density at radius 2 is 1.85 bits per heavy atom. The van der Waals surface area contributed by atoms with Crippen LogP contribution in [0.4, 0.5) is 4.39 Å². The smallest absolute Gasteiger partial charge is 0.159 e. The zero-order valence-electron chi connectivity index (χ0n) is 14.3. The van der Waals surface area contributed by atoms with Crippen LogP contribution in [-0.4, -0.2) is 39.0 Å². The number of halogens is 1. The predicted octanol–water partition coefficient (Wildman–Crippen LogP) is 3.33. The van der Waals surface area contributed by atoms with Gasteiger partial charge >= 0.3 is 0 Å². The van der Waals surface area contributed by atoms with E-state index in [1.807, 2.05) is 18.2 Å². The SMILES string of the molecule is Fc1ccc(-c2nccc(CN3CCC(Oc4ccncc4)C3)n2)cc1. The Morgan fingerprint density at radius 3 is 2.65 bits per heavy atom. The molecule has 0 N–H and O–H groups in total. The van der Waals surface area contributed by atoms with Crippen LogP contribution in [0, 0.1) is 5.82 Å². The molecule has 3 aromatic rings. The molecule has 1 saturated heterocycles. The normalized spacial score (nSPS) is 17.3. The van der Waals surface area contributed by atoms with Gasteiger partial charge in [-0.3, -0.25) is 9.88 Å². The molecule has 0 amide bonds. The largest absolute Gasteiger partial charge is 0.489 e. The van der Waals surface area contributed by atoms with Gasteiger partial charge in [0.2, 0.25) is 0 Å². The molecule has 1 aromatic carbocycles. The van der Waals surface area contributed by atoms with Gasteiger partial charge in [-0.05, 0) is 48.9 Å². The quantitative estimate of drug-likeness (QED) is 0.706. The minimum Gasteiger partial charge on any atom is -0.489 e. The van der Waals surface area contributed by atoms with E-state index in [4.69, 9.17) is 4.74 Å². The summed E-state index contributed by atoms with van der Waals surface area (Å²) in [7, 11) is 0. The van der Waals surface area contributed by atoms with E-state index in [9.17, 15) is 4.39 Å². The summed E-state index contributed by atoms with van der Waals surface area (Å²) in [5.41, 5.74) is 1.76. The summed E-state index contributed by atoms with van der Waals surface area (Å²) in [6.07, 6.45) is 6.39. The van der Waals surface area contributed by atoms with Crippen molar-refractivity contribution in [2.45, 2.75) is 19.1 Å². The fraction of sp³-hybridized carbons (Fsp3) is 0.250. The van der Waals surface area contributed by atoms with Gasteiger partial charge < -0.3 is 4.74 Å². The van der Waals surface area contributed by atoms with Crippen LogP contribution < -0.4 is 4.74 Å². The Bertz CT molecular complexity index is 857. The molecule has 0 aliphatic carbocycles. The third-order valence-corrected chi connectivity index (χ3v) is 4.38. The summed E-state index contributed by atoms with van der Waals surface area (Å²) in [5.74, 6) is 1.21. The Kier molecular flexibility index (Phi) is 4.84. The van der Waals surface area contributed by atoms with E-state index in [0.29, 0.717) is 5.82 Å². The lowest BCUT2D eigenvalue weighted by Crippen LogP contribution is -2.25. The van der Waals surface area contributed by atoms with E-state index in [2.05, 4.69) is 19.9 Å². The number of pyridine rings is 1. The van der Waals surface area contributed by atoms with Crippen LogP contribution >= 0.6 is 0 Å². The lowest BCUT2D eigenvalue weighted by molar-refractivity contribution is 0.197. The Morgan fingerprint density at radius 1 is 1.04 bits per heavy atom. The van der Waals surface area contributed by atoms with E-state index in [0.717, 1.165) is 43.1 Å². The minimum absolute atomic E-state index is 0.177. The van der Waals surface area contributed by atoms with Gasteiger partial charge in [-0.2, -0.15) is 0 Å². The second-order valence-electron chi connectivity index (χ2n) is 6.33. The molecule has 1 fully saturated rings. The Hall–Kier alpha value is -2.86. The van der Waals surface area contributed by atoms with Crippen molar-refractivity contribution in [2.75, 3.05) is 13.1 Å². The highest BCUT2D eigenvalue weighted by Crippen LogP contribution is 2.20. The summed E-state index contributed by atoms with van der Waals surface area (Å²) in [6.45, 7) is 2.57. The van der Waals surface area contributed by atoms with Crippen molar-refractivity contribution in [3.8, 4) is 17.1 Å². The van der Waals surface area contributed by atoms with Crippen LogP contribution in [0.3, 0.4) is 0 Å². The van der Waals surface area contributed by atoms with Crippen LogP contribution in [-0.2, 0) is 6.54 Å². The summed E-state index contributed by atoms with van der Waals surface area (Å²) in [6, 6.07) is 11.9. The maximum atomic E-state index is 13.1. The first-order valence-corrected chi connectivity index (χ1v) is 8.63. The van der Waals surface area contributed by atoms with Gasteiger partial charge in [0.15, 0.2) is 5.82 Å². The van der Waals surface area contributed by atoms with E-state index in [1.165, 1.54) is 12.1 Å². The Labute approximate surface area is 151 Å². The van der Waals surface area contributed by atoms with Gasteiger partial charge in [0.25, 0.3) is 0 Å². The molecular formula is C20H19FN4O. The van der Waals surface area contributed by atoms with Gasteiger partial charge in [0.1, 0.15) is 17.7 Å². The average molecular weight is 350 g/mol. The van der Waals surface area contributed by atoms with Crippen molar-refractivity contribution in [3.05, 3.63) is 72.6 Å². The second kappa shape index (κ2) is 7.58. The number of hydrogen-bond donors (Lipinski definition) is 0. The molecule has 26 heavy (non-hydrogen) atoms. The fourth-order valence-corrected chi connectivity index (χ4v) is 3.10. The number of aromatic nitrogens is 3. The molecule has 1 atom stereocenters. The van der Waals surface area contributed by atoms with Crippen molar-refractivity contribution >= 4 is 0 Å². The van der Waals surface area contributed by atoms with Gasteiger partial charge in [-0.15, -0.1) is 0 Å². The topological polar surface area (TPSA) is 51.1 Å². The third kappa shape index (κ3) is 4.03. The van der Waals surface area contributed by atoms with Crippen molar-refractivity contribution < 1.29 is 9.13 Å². The fourth-order valence-electron chi connectivity index (χ4n) is 3.10. The molecule has 6 heteroatoms. The molecule has 1 unspecified atom stereocenters. The zero-order chi connectivity index (χ0) is 17.8. The lowest BCUT2D eigenvalue weighted by Gasteiger charge is -2.16. The van der Waals surface area contributed by atoms with Crippen LogP contribution in [0.2, 0.25) is 0 Å². The maximum Gasteiger partial charge on any atom is 0.159 e. The van der Waals surface area contributed by atoms with Gasteiger partial charge in [-0.1, -0.05) is 0 Å². The molecule has 2 aromatic heterocycles. The first kappa shape index (κ1) is 16.6. The maximum absolute atomic E-state index is 13.1. The number of hydrogen-bond acceptors (Lipinski definition) is 5. The van der Waals surface area contributed by atoms with E-state index < -0.39 is 0 Å². The first-order valence-electron chi connectivity index (χ1n) is 8.63. The number of benzene rings is 1. The molecular weight excluding hydrogens is 331 g/mol. The first-order chi connectivity index (χ1) is 12.8. The monoisotopic (exact) mass is 350 g/mol. The molecule has 3 heterocycles. The van der Waals surface area contributed by atoms with Crippen molar-refractivity contribution in [1.82, 2.24) is 19.9 Å². The summed E-state index contributed by atoms with van der Waals surface area (Å²) in [5, 5.41) is 0. The van der Waals surface area contributed by atoms with Crippen molar-refractivity contribution in [2.24, 2.45) is 0 Å². The van der Waals surface area contributed by atoms with Crippen LogP contribution in [0.5, 0.6) is 5.75 Å². The minimum atomic E-state index is -0.262. The molecule has 0 radical (unpaired) electrons. The van der Waals surface area contributed by atoms with Crippen LogP contribution in [0.25, 0.3) is 11.4 Å². The highest BCUT2D eigenvalue weighted by molar-refractivity contribution is 5.54. The van der Waals surface area contributed by atoms with Crippen molar-refractivity contribution in [3.63, 3.8) is 0 Å². The lowest BCUT2D eigenvalue weighted by atomic mass is 10.2. The highest BCUT2D eigenvalue weighted by Gasteiger charge is 2.24. The molecule has 1 aliphatic heterocycles. The molecule has 4 rings (SSSR count). The summed E-state index contributed by atoms with van der Waals surface area (Å²) in [4.78, 5) is 15.2. The number of likely N-dealkylation sites (tertiary alicyclic amines) is 1. The van der Waals surface area contributed by atoms with Crippen LogP contribution in [0.1, 0.15) is 12.1 Å². The van der Waals surface area contributed by atoms with Gasteiger partial charge in [-0.25, -0.2) is 14.4 Å². The van der Waals surface area contributed by atoms with Gasteiger partial charge in [0, 0.05) is 43.8 Å². The molecule has 132 valence electrons. The number of rotatable bonds is 5. The van der Waals surface area contributed by atoms with Crippen LogP contribution in [0.15, 0.2) is 61.1 Å². The highest BCUT2D eigenvalue weighted by atomic mass is 19.1. The average Bonchev–Trinajstić information content (AvgIpc) is 3.10. The predicted molar refractivity (Wildman–Crippen MR) is 96.0 cm³/mol. The number of nitrogens with zero attached hydrogens (tertiary/aromatic N) is 4. The molecule has 1 aliphatic rings. The standard InChI is InChI=1S/C20H19FN4O/c21-16-3-1-15(2-4-16)20-23-11-5-17(24-20)13-25-12-8-19(14-25)26-18-6-9-22-10-7-18/h1-7,9-11,19H,8,12-14H2. The Balaban J connectivity index is 1.39. The molecule has 0 bridgehead atoms. The van der Waals surface area contributed by atoms with E-state index >= 15 is 0 Å². The van der Waals surface area contributed by atoms with Gasteiger partial charge in [0.05, 0.1) is 5.69 Å².